The molecule has 1 unspecified atom stereocenters. The van der Waals surface area contributed by atoms with Gasteiger partial charge in [-0.25, -0.2) is 0 Å². The van der Waals surface area contributed by atoms with Gasteiger partial charge in [0.15, 0.2) is 0 Å². The number of rotatable bonds is 4. The standard InChI is InChI=1S/C12H16O/c1-3-12(13)9-8-11-7-5-4-6-10(11)2/h3-7,12-13H,1,8-9H2,2H3. The zero-order valence-electron chi connectivity index (χ0n) is 8.03. The summed E-state index contributed by atoms with van der Waals surface area (Å²) < 4.78 is 0. The predicted octanol–water partition coefficient (Wildman–Crippen LogP) is 2.47. The van der Waals surface area contributed by atoms with Crippen LogP contribution < -0.4 is 0 Å². The first kappa shape index (κ1) is 10.0. The fraction of sp³-hybridized carbons (Fsp3) is 0.333. The van der Waals surface area contributed by atoms with E-state index in [0.717, 1.165) is 12.8 Å². The van der Waals surface area contributed by atoms with Gasteiger partial charge in [-0.2, -0.15) is 0 Å². The van der Waals surface area contributed by atoms with E-state index in [1.54, 1.807) is 6.08 Å². The van der Waals surface area contributed by atoms with Crippen LogP contribution in [0.25, 0.3) is 0 Å². The van der Waals surface area contributed by atoms with Gasteiger partial charge in [-0.05, 0) is 30.9 Å². The first-order valence-corrected chi connectivity index (χ1v) is 4.59. The average molecular weight is 176 g/mol. The Labute approximate surface area is 79.7 Å². The van der Waals surface area contributed by atoms with E-state index in [2.05, 4.69) is 25.6 Å². The summed E-state index contributed by atoms with van der Waals surface area (Å²) in [7, 11) is 0. The Bertz CT molecular complexity index is 278. The van der Waals surface area contributed by atoms with E-state index in [1.807, 2.05) is 12.1 Å². The number of aliphatic hydroxyl groups excluding tert-OH is 1. The van der Waals surface area contributed by atoms with E-state index < -0.39 is 0 Å². The zero-order chi connectivity index (χ0) is 9.68. The highest BCUT2D eigenvalue weighted by atomic mass is 16.3. The maximum atomic E-state index is 9.29. The van der Waals surface area contributed by atoms with Crippen LogP contribution in [0.2, 0.25) is 0 Å². The summed E-state index contributed by atoms with van der Waals surface area (Å²) in [6.07, 6.45) is 2.88. The lowest BCUT2D eigenvalue weighted by Crippen LogP contribution is -2.03. The summed E-state index contributed by atoms with van der Waals surface area (Å²) in [6.45, 7) is 5.64. The second-order valence-electron chi connectivity index (χ2n) is 3.27. The van der Waals surface area contributed by atoms with E-state index in [0.29, 0.717) is 0 Å². The summed E-state index contributed by atoms with van der Waals surface area (Å²) in [5.41, 5.74) is 2.60. The molecule has 1 aromatic carbocycles. The van der Waals surface area contributed by atoms with Crippen LogP contribution in [0.15, 0.2) is 36.9 Å². The minimum atomic E-state index is -0.375. The molecule has 1 atom stereocenters. The van der Waals surface area contributed by atoms with Gasteiger partial charge < -0.3 is 5.11 Å². The number of benzene rings is 1. The normalized spacial score (nSPS) is 12.5. The lowest BCUT2D eigenvalue weighted by atomic mass is 10.0. The Kier molecular flexibility index (Phi) is 3.71. The molecule has 0 radical (unpaired) electrons. The molecule has 70 valence electrons. The van der Waals surface area contributed by atoms with Crippen molar-refractivity contribution >= 4 is 0 Å². The predicted molar refractivity (Wildman–Crippen MR) is 55.7 cm³/mol. The van der Waals surface area contributed by atoms with Crippen LogP contribution in [-0.4, -0.2) is 11.2 Å². The first-order chi connectivity index (χ1) is 6.24. The molecule has 1 heteroatoms. The van der Waals surface area contributed by atoms with Gasteiger partial charge in [-0.3, -0.25) is 0 Å². The summed E-state index contributed by atoms with van der Waals surface area (Å²) in [5, 5.41) is 9.29. The minimum absolute atomic E-state index is 0.375. The molecule has 0 heterocycles. The minimum Gasteiger partial charge on any atom is -0.389 e. The summed E-state index contributed by atoms with van der Waals surface area (Å²) in [5.74, 6) is 0. The highest BCUT2D eigenvalue weighted by Crippen LogP contribution is 2.10. The average Bonchev–Trinajstić information content (AvgIpc) is 2.16. The Hall–Kier alpha value is -1.08. The maximum Gasteiger partial charge on any atom is 0.0721 e. The Morgan fingerprint density at radius 1 is 1.46 bits per heavy atom. The second-order valence-corrected chi connectivity index (χ2v) is 3.27. The second kappa shape index (κ2) is 4.83. The fourth-order valence-corrected chi connectivity index (χ4v) is 1.31. The third kappa shape index (κ3) is 3.03. The van der Waals surface area contributed by atoms with Gasteiger partial charge in [0.25, 0.3) is 0 Å². The molecule has 0 saturated heterocycles. The van der Waals surface area contributed by atoms with Gasteiger partial charge >= 0.3 is 0 Å². The van der Waals surface area contributed by atoms with Crippen molar-refractivity contribution in [1.29, 1.82) is 0 Å². The van der Waals surface area contributed by atoms with Crippen LogP contribution in [0.1, 0.15) is 17.5 Å². The van der Waals surface area contributed by atoms with Crippen molar-refractivity contribution < 1.29 is 5.11 Å². The van der Waals surface area contributed by atoms with Crippen LogP contribution >= 0.6 is 0 Å². The molecule has 1 aromatic rings. The molecule has 1 rings (SSSR count). The molecule has 0 aromatic heterocycles. The van der Waals surface area contributed by atoms with Crippen molar-refractivity contribution in [3.05, 3.63) is 48.0 Å². The lowest BCUT2D eigenvalue weighted by Gasteiger charge is -2.07. The van der Waals surface area contributed by atoms with E-state index in [-0.39, 0.29) is 6.10 Å². The SMILES string of the molecule is C=CC(O)CCc1ccccc1C. The molecule has 1 N–H and O–H groups in total. The Morgan fingerprint density at radius 3 is 2.77 bits per heavy atom. The molecule has 0 aliphatic rings. The molecular weight excluding hydrogens is 160 g/mol. The fourth-order valence-electron chi connectivity index (χ4n) is 1.31. The van der Waals surface area contributed by atoms with Gasteiger partial charge in [0.2, 0.25) is 0 Å². The van der Waals surface area contributed by atoms with Crippen LogP contribution in [0, 0.1) is 6.92 Å². The highest BCUT2D eigenvalue weighted by molar-refractivity contribution is 5.25. The van der Waals surface area contributed by atoms with E-state index in [9.17, 15) is 5.11 Å². The van der Waals surface area contributed by atoms with Crippen molar-refractivity contribution in [3.8, 4) is 0 Å². The van der Waals surface area contributed by atoms with Crippen molar-refractivity contribution in [1.82, 2.24) is 0 Å². The maximum absolute atomic E-state index is 9.29. The summed E-state index contributed by atoms with van der Waals surface area (Å²) in [6, 6.07) is 8.26. The number of hydrogen-bond acceptors (Lipinski definition) is 1. The number of hydrogen-bond donors (Lipinski definition) is 1. The molecule has 0 bridgehead atoms. The molecule has 0 aliphatic heterocycles. The Morgan fingerprint density at radius 2 is 2.15 bits per heavy atom. The van der Waals surface area contributed by atoms with E-state index in [1.165, 1.54) is 11.1 Å². The lowest BCUT2D eigenvalue weighted by molar-refractivity contribution is 0.213. The van der Waals surface area contributed by atoms with Crippen LogP contribution in [0.3, 0.4) is 0 Å². The van der Waals surface area contributed by atoms with E-state index >= 15 is 0 Å². The molecule has 1 nitrogen and oxygen atoms in total. The molecule has 0 amide bonds. The van der Waals surface area contributed by atoms with Crippen molar-refractivity contribution in [2.75, 3.05) is 0 Å². The zero-order valence-corrected chi connectivity index (χ0v) is 8.03. The van der Waals surface area contributed by atoms with E-state index in [4.69, 9.17) is 0 Å². The topological polar surface area (TPSA) is 20.2 Å². The molecular formula is C12H16O. The largest absolute Gasteiger partial charge is 0.389 e. The number of aryl methyl sites for hydroxylation is 2. The summed E-state index contributed by atoms with van der Waals surface area (Å²) in [4.78, 5) is 0. The van der Waals surface area contributed by atoms with Crippen LogP contribution in [-0.2, 0) is 6.42 Å². The molecule has 0 spiro atoms. The van der Waals surface area contributed by atoms with Gasteiger partial charge in [-0.15, -0.1) is 6.58 Å². The van der Waals surface area contributed by atoms with Crippen molar-refractivity contribution in [3.63, 3.8) is 0 Å². The van der Waals surface area contributed by atoms with Gasteiger partial charge in [0, 0.05) is 0 Å². The van der Waals surface area contributed by atoms with Crippen LogP contribution in [0.4, 0.5) is 0 Å². The van der Waals surface area contributed by atoms with Crippen molar-refractivity contribution in [2.24, 2.45) is 0 Å². The van der Waals surface area contributed by atoms with Gasteiger partial charge in [-0.1, -0.05) is 30.3 Å². The quantitative estimate of drug-likeness (QED) is 0.699. The number of aliphatic hydroxyl groups is 1. The molecule has 13 heavy (non-hydrogen) atoms. The molecule has 0 saturated carbocycles. The smallest absolute Gasteiger partial charge is 0.0721 e. The van der Waals surface area contributed by atoms with Crippen molar-refractivity contribution in [2.45, 2.75) is 25.9 Å². The van der Waals surface area contributed by atoms with Gasteiger partial charge in [0.05, 0.1) is 6.10 Å². The monoisotopic (exact) mass is 176 g/mol. The summed E-state index contributed by atoms with van der Waals surface area (Å²) >= 11 is 0. The van der Waals surface area contributed by atoms with Gasteiger partial charge in [0.1, 0.15) is 0 Å². The third-order valence-electron chi connectivity index (χ3n) is 2.24. The third-order valence-corrected chi connectivity index (χ3v) is 2.24. The Balaban J connectivity index is 2.54. The van der Waals surface area contributed by atoms with Crippen LogP contribution in [0.5, 0.6) is 0 Å². The first-order valence-electron chi connectivity index (χ1n) is 4.59. The highest BCUT2D eigenvalue weighted by Gasteiger charge is 2.00. The molecule has 0 fully saturated rings. The molecule has 0 aliphatic carbocycles.